The van der Waals surface area contributed by atoms with Crippen LogP contribution in [-0.2, 0) is 16.6 Å². The predicted molar refractivity (Wildman–Crippen MR) is 81.1 cm³/mol. The lowest BCUT2D eigenvalue weighted by Gasteiger charge is -2.25. The highest BCUT2D eigenvalue weighted by Gasteiger charge is 2.28. The van der Waals surface area contributed by atoms with Crippen LogP contribution in [0.3, 0.4) is 0 Å². The number of hydrogen-bond donors (Lipinski definition) is 1. The van der Waals surface area contributed by atoms with Crippen molar-refractivity contribution in [3.05, 3.63) is 16.5 Å². The van der Waals surface area contributed by atoms with Crippen molar-refractivity contribution in [1.29, 1.82) is 0 Å². The summed E-state index contributed by atoms with van der Waals surface area (Å²) in [5.41, 5.74) is 1.04. The highest BCUT2D eigenvalue weighted by molar-refractivity contribution is 7.91. The summed E-state index contributed by atoms with van der Waals surface area (Å²) in [7, 11) is -1.49. The number of nitrogens with one attached hydrogen (secondary N) is 1. The molecule has 1 atom stereocenters. The Labute approximate surface area is 120 Å². The fraction of sp³-hybridized carbons (Fsp3) is 0.692. The second kappa shape index (κ2) is 6.83. The molecule has 0 aliphatic rings. The minimum Gasteiger partial charge on any atom is -0.315 e. The quantitative estimate of drug-likeness (QED) is 0.842. The second-order valence-electron chi connectivity index (χ2n) is 4.67. The van der Waals surface area contributed by atoms with Crippen molar-refractivity contribution < 1.29 is 8.42 Å². The van der Waals surface area contributed by atoms with E-state index in [4.69, 9.17) is 0 Å². The molecule has 0 radical (unpaired) electrons. The summed E-state index contributed by atoms with van der Waals surface area (Å²) < 4.78 is 27.3. The Bertz CT molecular complexity index is 509. The highest BCUT2D eigenvalue weighted by Crippen LogP contribution is 2.29. The van der Waals surface area contributed by atoms with Crippen LogP contribution in [0.4, 0.5) is 0 Å². The average Bonchev–Trinajstić information content (AvgIpc) is 2.72. The third-order valence-electron chi connectivity index (χ3n) is 3.29. The first-order chi connectivity index (χ1) is 8.88. The van der Waals surface area contributed by atoms with Gasteiger partial charge in [-0.05, 0) is 38.9 Å². The monoisotopic (exact) mass is 304 g/mol. The van der Waals surface area contributed by atoms with E-state index in [1.54, 1.807) is 10.4 Å². The minimum atomic E-state index is -3.36. The second-order valence-corrected chi connectivity index (χ2v) is 7.92. The number of thiophene rings is 1. The van der Waals surface area contributed by atoms with Crippen LogP contribution in [0.2, 0.25) is 0 Å². The maximum atomic E-state index is 12.6. The van der Waals surface area contributed by atoms with Gasteiger partial charge < -0.3 is 5.32 Å². The molecule has 0 spiro atoms. The average molecular weight is 304 g/mol. The molecule has 6 heteroatoms. The smallest absolute Gasteiger partial charge is 0.252 e. The van der Waals surface area contributed by atoms with Gasteiger partial charge in [0.25, 0.3) is 10.0 Å². The third kappa shape index (κ3) is 3.56. The van der Waals surface area contributed by atoms with Crippen LogP contribution in [0.15, 0.2) is 10.3 Å². The van der Waals surface area contributed by atoms with Crippen molar-refractivity contribution in [3.63, 3.8) is 0 Å². The zero-order chi connectivity index (χ0) is 14.6. The Kier molecular flexibility index (Phi) is 5.98. The van der Waals surface area contributed by atoms with Crippen LogP contribution in [0.5, 0.6) is 0 Å². The molecule has 0 aromatic carbocycles. The van der Waals surface area contributed by atoms with Gasteiger partial charge in [-0.3, -0.25) is 0 Å². The fourth-order valence-corrected chi connectivity index (χ4v) is 5.43. The molecule has 1 N–H and O–H groups in total. The highest BCUT2D eigenvalue weighted by atomic mass is 32.2. The van der Waals surface area contributed by atoms with E-state index in [2.05, 4.69) is 5.32 Å². The van der Waals surface area contributed by atoms with E-state index in [0.29, 0.717) is 17.3 Å². The van der Waals surface area contributed by atoms with E-state index in [-0.39, 0.29) is 6.04 Å². The lowest BCUT2D eigenvalue weighted by Crippen LogP contribution is -2.37. The topological polar surface area (TPSA) is 49.4 Å². The van der Waals surface area contributed by atoms with Crippen LogP contribution in [-0.4, -0.2) is 32.4 Å². The Morgan fingerprint density at radius 3 is 2.53 bits per heavy atom. The molecule has 0 saturated heterocycles. The molecule has 19 heavy (non-hydrogen) atoms. The molecule has 0 bridgehead atoms. The molecule has 0 aliphatic carbocycles. The summed E-state index contributed by atoms with van der Waals surface area (Å²) in [5, 5.41) is 3.07. The van der Waals surface area contributed by atoms with E-state index >= 15 is 0 Å². The van der Waals surface area contributed by atoms with Gasteiger partial charge in [-0.1, -0.05) is 13.8 Å². The number of hydrogen-bond acceptors (Lipinski definition) is 4. The first-order valence-electron chi connectivity index (χ1n) is 6.64. The van der Waals surface area contributed by atoms with Gasteiger partial charge in [-0.25, -0.2) is 8.42 Å². The fourth-order valence-electron chi connectivity index (χ4n) is 1.99. The molecule has 4 nitrogen and oxygen atoms in total. The number of sulfonamides is 1. The summed E-state index contributed by atoms with van der Waals surface area (Å²) in [6, 6.07) is 1.82. The third-order valence-corrected chi connectivity index (χ3v) is 7.07. The Hall–Kier alpha value is -0.430. The molecule has 1 aromatic rings. The number of aryl methyl sites for hydroxylation is 1. The number of rotatable bonds is 7. The van der Waals surface area contributed by atoms with Gasteiger partial charge in [0, 0.05) is 24.0 Å². The normalized spacial score (nSPS) is 14.0. The molecule has 0 fully saturated rings. The lowest BCUT2D eigenvalue weighted by atomic mass is 10.3. The van der Waals surface area contributed by atoms with Crippen LogP contribution in [0.1, 0.15) is 37.6 Å². The molecular formula is C13H24N2O2S2. The first kappa shape index (κ1) is 16.6. The predicted octanol–water partition coefficient (Wildman–Crippen LogP) is 2.59. The van der Waals surface area contributed by atoms with Gasteiger partial charge in [0.1, 0.15) is 4.21 Å². The molecular weight excluding hydrogens is 280 g/mol. The standard InChI is InChI=1S/C13H24N2O2S2/c1-6-11(4)15(7-2)19(16,17)13-8-10(3)12(18-13)9-14-5/h8,11,14H,6-7,9H2,1-5H3. The van der Waals surface area contributed by atoms with Crippen LogP contribution >= 0.6 is 11.3 Å². The minimum absolute atomic E-state index is 0.0326. The van der Waals surface area contributed by atoms with Gasteiger partial charge in [0.2, 0.25) is 0 Å². The van der Waals surface area contributed by atoms with Crippen molar-refractivity contribution in [3.8, 4) is 0 Å². The van der Waals surface area contributed by atoms with Crippen LogP contribution < -0.4 is 5.32 Å². The Morgan fingerprint density at radius 2 is 2.05 bits per heavy atom. The molecule has 0 amide bonds. The lowest BCUT2D eigenvalue weighted by molar-refractivity contribution is 0.343. The first-order valence-corrected chi connectivity index (χ1v) is 8.89. The van der Waals surface area contributed by atoms with Crippen LogP contribution in [0.25, 0.3) is 0 Å². The van der Waals surface area contributed by atoms with Gasteiger partial charge in [-0.2, -0.15) is 4.31 Å². The number of nitrogens with zero attached hydrogens (tertiary/aromatic N) is 1. The van der Waals surface area contributed by atoms with E-state index < -0.39 is 10.0 Å². The van der Waals surface area contributed by atoms with E-state index in [9.17, 15) is 8.42 Å². The van der Waals surface area contributed by atoms with E-state index in [1.165, 1.54) is 11.3 Å². The van der Waals surface area contributed by atoms with E-state index in [0.717, 1.165) is 16.9 Å². The summed E-state index contributed by atoms with van der Waals surface area (Å²) in [5.74, 6) is 0. The summed E-state index contributed by atoms with van der Waals surface area (Å²) in [6.45, 7) is 9.03. The molecule has 0 aliphatic heterocycles. The van der Waals surface area contributed by atoms with Crippen molar-refractivity contribution in [2.75, 3.05) is 13.6 Å². The summed E-state index contributed by atoms with van der Waals surface area (Å²) in [4.78, 5) is 1.08. The SMILES string of the molecule is CCC(C)N(CC)S(=O)(=O)c1cc(C)c(CNC)s1. The van der Waals surface area contributed by atoms with Crippen molar-refractivity contribution in [1.82, 2.24) is 9.62 Å². The molecule has 1 rings (SSSR count). The van der Waals surface area contributed by atoms with Gasteiger partial charge in [0.05, 0.1) is 0 Å². The zero-order valence-corrected chi connectivity index (χ0v) is 14.0. The van der Waals surface area contributed by atoms with Gasteiger partial charge in [0.15, 0.2) is 0 Å². The molecule has 1 heterocycles. The van der Waals surface area contributed by atoms with Crippen molar-refractivity contribution in [2.45, 2.75) is 50.9 Å². The summed E-state index contributed by atoms with van der Waals surface area (Å²) in [6.07, 6.45) is 0.820. The molecule has 0 saturated carbocycles. The summed E-state index contributed by atoms with van der Waals surface area (Å²) >= 11 is 1.37. The molecule has 1 unspecified atom stereocenters. The zero-order valence-electron chi connectivity index (χ0n) is 12.4. The Balaban J connectivity index is 3.15. The van der Waals surface area contributed by atoms with Gasteiger partial charge >= 0.3 is 0 Å². The molecule has 1 aromatic heterocycles. The van der Waals surface area contributed by atoms with E-state index in [1.807, 2.05) is 34.7 Å². The van der Waals surface area contributed by atoms with Gasteiger partial charge in [-0.15, -0.1) is 11.3 Å². The maximum Gasteiger partial charge on any atom is 0.252 e. The van der Waals surface area contributed by atoms with Crippen molar-refractivity contribution >= 4 is 21.4 Å². The van der Waals surface area contributed by atoms with Crippen molar-refractivity contribution in [2.24, 2.45) is 0 Å². The largest absolute Gasteiger partial charge is 0.315 e. The van der Waals surface area contributed by atoms with Crippen LogP contribution in [0, 0.1) is 6.92 Å². The Morgan fingerprint density at radius 1 is 1.42 bits per heavy atom. The maximum absolute atomic E-state index is 12.6. The molecule has 110 valence electrons.